The molecular formula is C68H98N2O22. The number of aliphatic hydroxyl groups is 4. The van der Waals surface area contributed by atoms with Gasteiger partial charge in [-0.05, 0) is 126 Å². The minimum atomic E-state index is -2.10. The first-order valence-electron chi connectivity index (χ1n) is 33.4. The fourth-order valence-electron chi connectivity index (χ4n) is 17.3. The van der Waals surface area contributed by atoms with Crippen LogP contribution in [0.5, 0.6) is 0 Å². The molecule has 10 rings (SSSR count). The molecule has 92 heavy (non-hydrogen) atoms. The molecule has 4 unspecified atom stereocenters. The Bertz CT molecular complexity index is 2900. The zero-order valence-corrected chi connectivity index (χ0v) is 55.1. The number of carbonyl (C=O) groups is 5. The second-order valence-corrected chi connectivity index (χ2v) is 28.7. The summed E-state index contributed by atoms with van der Waals surface area (Å²) in [5, 5.41) is 61.5. The van der Waals surface area contributed by atoms with Crippen molar-refractivity contribution in [2.45, 2.75) is 275 Å². The summed E-state index contributed by atoms with van der Waals surface area (Å²) in [6, 6.07) is -1.11. The summed E-state index contributed by atoms with van der Waals surface area (Å²) in [6.45, 7) is 19.9. The second-order valence-electron chi connectivity index (χ2n) is 28.7. The first kappa shape index (κ1) is 69.8. The van der Waals surface area contributed by atoms with Gasteiger partial charge in [-0.25, -0.2) is 9.59 Å². The van der Waals surface area contributed by atoms with Crippen molar-refractivity contribution in [1.29, 1.82) is 0 Å². The number of allylic oxidation sites excluding steroid dienone is 2. The van der Waals surface area contributed by atoms with Gasteiger partial charge in [0.05, 0.1) is 92.7 Å². The molecule has 4 heterocycles. The predicted molar refractivity (Wildman–Crippen MR) is 327 cm³/mol. The topological polar surface area (TPSA) is 323 Å². The van der Waals surface area contributed by atoms with E-state index in [1.54, 1.807) is 19.9 Å². The Hall–Kier alpha value is -4.99. The SMILES string of the molecule is COC(=O)N[C@H]1[C@@H](C)O[C@@H](O[C@H]2C/C=C(\C)[C@@H]3C=C[C@@H]4[C@@H](O[C@H]5C[C@@H](O[C@H]6CCC(O[C@@H]7C[C@@H](C)C(O[C@H]8CC[C@@H](O)[C@H](C)O8)[C@H](O)C7)[C@H](C)C6)[C@@H](OC(C)=O)[C@H](C)O5)[C@@H](C)C[C@H](C)[C@H]4C3C(=O)C3=C(O)C4(CC(C=O)=C[C@H](O)[C@H]4C=C2C)OC3=O)C[C@]1(C)[N+](=O)[O-]. The Kier molecular flexibility index (Phi) is 21.5. The third kappa shape index (κ3) is 14.1. The number of Topliss-reactive ketones (excluding diaryl/α,β-unsaturated/α-hetero) is 1. The Morgan fingerprint density at radius 1 is 0.739 bits per heavy atom. The number of nitrogens with zero attached hydrogens (tertiary/aromatic N) is 1. The molecule has 1 spiro atoms. The number of ketones is 1. The third-order valence-corrected chi connectivity index (χ3v) is 22.1. The summed E-state index contributed by atoms with van der Waals surface area (Å²) in [5.41, 5.74) is -3.24. The number of nitrogens with one attached hydrogen (secondary N) is 1. The Morgan fingerprint density at radius 2 is 1.42 bits per heavy atom. The number of hydrogen-bond acceptors (Lipinski definition) is 22. The number of ether oxygens (including phenoxy) is 11. The summed E-state index contributed by atoms with van der Waals surface area (Å²) in [6.07, 6.45) is 2.05. The number of amides is 1. The predicted octanol–water partition coefficient (Wildman–Crippen LogP) is 7.30. The van der Waals surface area contributed by atoms with Gasteiger partial charge in [-0.15, -0.1) is 0 Å². The van der Waals surface area contributed by atoms with E-state index in [-0.39, 0.29) is 79.3 Å². The maximum absolute atomic E-state index is 15.9. The van der Waals surface area contributed by atoms with Gasteiger partial charge in [-0.2, -0.15) is 0 Å². The minimum Gasteiger partial charge on any atom is -0.507 e. The van der Waals surface area contributed by atoms with E-state index < -0.39 is 167 Å². The molecule has 2 bridgehead atoms. The van der Waals surface area contributed by atoms with Crippen LogP contribution in [0.4, 0.5) is 4.79 Å². The van der Waals surface area contributed by atoms with E-state index in [2.05, 4.69) is 39.1 Å². The van der Waals surface area contributed by atoms with Gasteiger partial charge in [-0.1, -0.05) is 57.6 Å². The van der Waals surface area contributed by atoms with Gasteiger partial charge in [0.1, 0.15) is 24.0 Å². The zero-order valence-electron chi connectivity index (χ0n) is 55.1. The number of fused-ring (bicyclic) bond motifs is 3. The van der Waals surface area contributed by atoms with Gasteiger partial charge in [0.2, 0.25) is 5.54 Å². The van der Waals surface area contributed by atoms with E-state index in [0.717, 1.165) is 12.7 Å². The zero-order chi connectivity index (χ0) is 66.6. The van der Waals surface area contributed by atoms with E-state index in [1.807, 2.05) is 32.9 Å². The first-order valence-corrected chi connectivity index (χ1v) is 33.4. The van der Waals surface area contributed by atoms with Gasteiger partial charge in [0, 0.05) is 62.2 Å². The van der Waals surface area contributed by atoms with Crippen LogP contribution >= 0.6 is 0 Å². The lowest BCUT2D eigenvalue weighted by molar-refractivity contribution is -0.584. The van der Waals surface area contributed by atoms with Crippen LogP contribution in [0, 0.1) is 63.4 Å². The highest BCUT2D eigenvalue weighted by molar-refractivity contribution is 6.20. The second kappa shape index (κ2) is 28.4. The van der Waals surface area contributed by atoms with Crippen LogP contribution in [0.15, 0.2) is 58.4 Å². The largest absolute Gasteiger partial charge is 0.507 e. The number of esters is 2. The molecule has 512 valence electrons. The number of methoxy groups -OCH3 is 1. The van der Waals surface area contributed by atoms with Crippen LogP contribution in [0.3, 0.4) is 0 Å². The molecule has 3 saturated carbocycles. The molecule has 5 N–H and O–H groups in total. The normalized spacial score (nSPS) is 46.4. The summed E-state index contributed by atoms with van der Waals surface area (Å²) >= 11 is 0. The van der Waals surface area contributed by atoms with E-state index in [1.165, 1.54) is 19.9 Å². The average Bonchev–Trinajstić information content (AvgIpc) is 1.52. The molecule has 0 aromatic heterocycles. The third-order valence-electron chi connectivity index (χ3n) is 22.1. The smallest absolute Gasteiger partial charge is 0.407 e. The molecule has 0 aromatic carbocycles. The van der Waals surface area contributed by atoms with Crippen molar-refractivity contribution < 1.29 is 101 Å². The molecule has 29 atom stereocenters. The molecular weight excluding hydrogens is 1200 g/mol. The summed E-state index contributed by atoms with van der Waals surface area (Å²) in [4.78, 5) is 80.6. The molecule has 4 aliphatic heterocycles. The van der Waals surface area contributed by atoms with Crippen molar-refractivity contribution in [3.63, 3.8) is 0 Å². The van der Waals surface area contributed by atoms with Crippen molar-refractivity contribution in [3.05, 3.63) is 68.5 Å². The molecule has 1 amide bonds. The number of nitro groups is 1. The standard InChI is InChI=1S/C68H98N2O22/c1-31-13-18-51(89-55-29-67(11,70(80)81)63(39(9)85-55)69-66(79)82-12)33(3)24-46-48(74)25-41(30-71)28-68(46)64(77)58(65(78)92-68)59(76)57-44(31)15-16-45-56(57)34(4)21-35(5)60(45)91-54-27-52(62(38(8)84-54)86-40(10)72)87-42-14-19-50(32(2)22-42)88-43-23-36(6)61(49(75)26-43)90-53-20-17-47(73)37(7)83-53/h13,15-16,24-25,30,32,34-39,42-57,60-63,73-75,77H,14,17-23,26-29H2,1-12H3,(H,69,79)/b31-13+,33-24?/t32-,34+,35+,36-,37+,38+,39-,42+,43-,44+,45+,46-,47-,48+,49-,50?,51+,52-,53+,54+,55+,56-,57?,60+,61?,62+,63+,67+,68?/m1/s1. The first-order chi connectivity index (χ1) is 43.5. The number of carbonyl (C=O) groups excluding carboxylic acids is 5. The van der Waals surface area contributed by atoms with Crippen molar-refractivity contribution in [2.24, 2.45) is 53.3 Å². The highest BCUT2D eigenvalue weighted by Crippen LogP contribution is 2.55. The van der Waals surface area contributed by atoms with Crippen LogP contribution in [0.2, 0.25) is 0 Å². The molecule has 6 fully saturated rings. The fraction of sp³-hybridized carbons (Fsp3) is 0.779. The lowest BCUT2D eigenvalue weighted by Gasteiger charge is -2.52. The number of rotatable bonds is 14. The van der Waals surface area contributed by atoms with Crippen molar-refractivity contribution in [2.75, 3.05) is 7.11 Å². The highest BCUT2D eigenvalue weighted by Gasteiger charge is 2.62. The highest BCUT2D eigenvalue weighted by atomic mass is 16.7. The van der Waals surface area contributed by atoms with Crippen molar-refractivity contribution in [3.8, 4) is 0 Å². The number of aliphatic hydroxyl groups excluding tert-OH is 4. The van der Waals surface area contributed by atoms with E-state index in [0.29, 0.717) is 63.2 Å². The monoisotopic (exact) mass is 1290 g/mol. The van der Waals surface area contributed by atoms with Crippen LogP contribution in [-0.2, 0) is 71.3 Å². The van der Waals surface area contributed by atoms with Crippen LogP contribution < -0.4 is 5.32 Å². The van der Waals surface area contributed by atoms with Gasteiger partial charge in [0.25, 0.3) is 0 Å². The fourth-order valence-corrected chi connectivity index (χ4v) is 17.3. The molecule has 0 aromatic rings. The van der Waals surface area contributed by atoms with Crippen LogP contribution in [-0.4, -0.2) is 184 Å². The molecule has 24 nitrogen and oxygen atoms in total. The maximum atomic E-state index is 15.9. The molecule has 3 saturated heterocycles. The number of aldehydes is 1. The van der Waals surface area contributed by atoms with E-state index in [9.17, 15) is 49.7 Å². The summed E-state index contributed by atoms with van der Waals surface area (Å²) < 4.78 is 69.6. The summed E-state index contributed by atoms with van der Waals surface area (Å²) in [7, 11) is 1.15. The van der Waals surface area contributed by atoms with Crippen molar-refractivity contribution in [1.82, 2.24) is 5.32 Å². The molecule has 0 radical (unpaired) electrons. The molecule has 10 aliphatic rings. The summed E-state index contributed by atoms with van der Waals surface area (Å²) in [5.74, 6) is -6.94. The quantitative estimate of drug-likeness (QED) is 0.0217. The van der Waals surface area contributed by atoms with Gasteiger partial charge in [0.15, 0.2) is 42.1 Å². The van der Waals surface area contributed by atoms with E-state index >= 15 is 4.79 Å². The number of hydrogen-bond donors (Lipinski definition) is 5. The lowest BCUT2D eigenvalue weighted by Crippen LogP contribution is -2.65. The van der Waals surface area contributed by atoms with Gasteiger partial charge < -0.3 is 77.8 Å². The Balaban J connectivity index is 0.889. The minimum absolute atomic E-state index is 0.00817. The van der Waals surface area contributed by atoms with Crippen LogP contribution in [0.1, 0.15) is 153 Å². The molecule has 24 heteroatoms. The maximum Gasteiger partial charge on any atom is 0.407 e. The lowest BCUT2D eigenvalue weighted by atomic mass is 9.55. The van der Waals surface area contributed by atoms with Crippen molar-refractivity contribution >= 4 is 30.1 Å². The van der Waals surface area contributed by atoms with Crippen LogP contribution in [0.25, 0.3) is 0 Å². The average molecular weight is 1300 g/mol. The Morgan fingerprint density at radius 3 is 2.10 bits per heavy atom. The number of alkyl carbamates (subject to hydrolysis) is 1. The van der Waals surface area contributed by atoms with Gasteiger partial charge >= 0.3 is 18.0 Å². The Labute approximate surface area is 538 Å². The van der Waals surface area contributed by atoms with Gasteiger partial charge in [-0.3, -0.25) is 24.5 Å². The van der Waals surface area contributed by atoms with E-state index in [4.69, 9.17) is 52.1 Å². The molecule has 6 aliphatic carbocycles.